The summed E-state index contributed by atoms with van der Waals surface area (Å²) >= 11 is 0. The van der Waals surface area contributed by atoms with E-state index in [0.29, 0.717) is 12.0 Å². The lowest BCUT2D eigenvalue weighted by Crippen LogP contribution is -1.99. The highest BCUT2D eigenvalue weighted by Gasteiger charge is 2.05. The standard InChI is InChI=1S/C15H15NO/c1-11-5-6-13(12(2)8-11)9-15-14(10-17)4-3-7-16-15/h3-8,10H,9H2,1-2H3. The van der Waals surface area contributed by atoms with Crippen molar-refractivity contribution in [2.75, 3.05) is 0 Å². The van der Waals surface area contributed by atoms with Crippen LogP contribution in [-0.4, -0.2) is 11.3 Å². The van der Waals surface area contributed by atoms with E-state index in [-0.39, 0.29) is 0 Å². The minimum atomic E-state index is 0.674. The van der Waals surface area contributed by atoms with Crippen LogP contribution in [-0.2, 0) is 6.42 Å². The van der Waals surface area contributed by atoms with E-state index in [0.717, 1.165) is 12.0 Å². The lowest BCUT2D eigenvalue weighted by molar-refractivity contribution is 0.112. The second-order valence-corrected chi connectivity index (χ2v) is 4.26. The first kappa shape index (κ1) is 11.5. The van der Waals surface area contributed by atoms with Crippen LogP contribution >= 0.6 is 0 Å². The van der Waals surface area contributed by atoms with Crippen molar-refractivity contribution in [1.29, 1.82) is 0 Å². The van der Waals surface area contributed by atoms with Gasteiger partial charge in [-0.25, -0.2) is 0 Å². The fraction of sp³-hybridized carbons (Fsp3) is 0.200. The number of nitrogens with zero attached hydrogens (tertiary/aromatic N) is 1. The lowest BCUT2D eigenvalue weighted by atomic mass is 10.00. The zero-order valence-corrected chi connectivity index (χ0v) is 10.1. The van der Waals surface area contributed by atoms with Gasteiger partial charge in [-0.3, -0.25) is 9.78 Å². The molecule has 1 aromatic carbocycles. The molecule has 1 aromatic heterocycles. The van der Waals surface area contributed by atoms with E-state index < -0.39 is 0 Å². The molecule has 0 aliphatic carbocycles. The molecule has 86 valence electrons. The zero-order valence-electron chi connectivity index (χ0n) is 10.1. The molecule has 2 aromatic rings. The van der Waals surface area contributed by atoms with Crippen LogP contribution in [0.1, 0.15) is 32.7 Å². The molecule has 0 bridgehead atoms. The van der Waals surface area contributed by atoms with E-state index >= 15 is 0 Å². The highest BCUT2D eigenvalue weighted by molar-refractivity contribution is 5.76. The molecule has 0 aliphatic rings. The average molecular weight is 225 g/mol. The quantitative estimate of drug-likeness (QED) is 0.751. The number of pyridine rings is 1. The van der Waals surface area contributed by atoms with Gasteiger partial charge in [0.1, 0.15) is 0 Å². The van der Waals surface area contributed by atoms with Gasteiger partial charge in [-0.2, -0.15) is 0 Å². The molecular weight excluding hydrogens is 210 g/mol. The second kappa shape index (κ2) is 4.91. The van der Waals surface area contributed by atoms with Gasteiger partial charge in [0.2, 0.25) is 0 Å². The van der Waals surface area contributed by atoms with Crippen LogP contribution in [0.15, 0.2) is 36.5 Å². The third-order valence-corrected chi connectivity index (χ3v) is 2.91. The summed E-state index contributed by atoms with van der Waals surface area (Å²) in [7, 11) is 0. The van der Waals surface area contributed by atoms with Gasteiger partial charge in [-0.05, 0) is 37.1 Å². The van der Waals surface area contributed by atoms with Crippen LogP contribution in [0.5, 0.6) is 0 Å². The van der Waals surface area contributed by atoms with Gasteiger partial charge < -0.3 is 0 Å². The Morgan fingerprint density at radius 3 is 2.76 bits per heavy atom. The Kier molecular flexibility index (Phi) is 3.33. The molecule has 1 heterocycles. The number of aromatic nitrogens is 1. The number of benzene rings is 1. The van der Waals surface area contributed by atoms with E-state index in [1.165, 1.54) is 16.7 Å². The van der Waals surface area contributed by atoms with Crippen LogP contribution in [0.3, 0.4) is 0 Å². The summed E-state index contributed by atoms with van der Waals surface area (Å²) in [5.41, 5.74) is 5.23. The van der Waals surface area contributed by atoms with Gasteiger partial charge in [0.25, 0.3) is 0 Å². The van der Waals surface area contributed by atoms with Crippen LogP contribution < -0.4 is 0 Å². The van der Waals surface area contributed by atoms with Gasteiger partial charge in [0.15, 0.2) is 6.29 Å². The molecule has 0 spiro atoms. The fourth-order valence-corrected chi connectivity index (χ4v) is 1.93. The number of hydrogen-bond acceptors (Lipinski definition) is 2. The van der Waals surface area contributed by atoms with Gasteiger partial charge >= 0.3 is 0 Å². The maximum Gasteiger partial charge on any atom is 0.151 e. The number of hydrogen-bond donors (Lipinski definition) is 0. The Hall–Kier alpha value is -1.96. The van der Waals surface area contributed by atoms with Crippen LogP contribution in [0, 0.1) is 13.8 Å². The molecule has 0 radical (unpaired) electrons. The molecule has 0 saturated heterocycles. The van der Waals surface area contributed by atoms with Crippen molar-refractivity contribution in [3.8, 4) is 0 Å². The summed E-state index contributed by atoms with van der Waals surface area (Å²) in [4.78, 5) is 15.2. The van der Waals surface area contributed by atoms with Crippen LogP contribution in [0.4, 0.5) is 0 Å². The molecule has 0 aliphatic heterocycles. The third kappa shape index (κ3) is 2.59. The van der Waals surface area contributed by atoms with E-state index in [9.17, 15) is 4.79 Å². The molecule has 17 heavy (non-hydrogen) atoms. The number of rotatable bonds is 3. The summed E-state index contributed by atoms with van der Waals surface area (Å²) in [6, 6.07) is 9.94. The van der Waals surface area contributed by atoms with Crippen molar-refractivity contribution in [2.24, 2.45) is 0 Å². The van der Waals surface area contributed by atoms with Crippen molar-refractivity contribution in [3.05, 3.63) is 64.5 Å². The molecule has 0 N–H and O–H groups in total. The molecule has 2 nitrogen and oxygen atoms in total. The minimum Gasteiger partial charge on any atom is -0.298 e. The molecule has 0 atom stereocenters. The van der Waals surface area contributed by atoms with Crippen LogP contribution in [0.25, 0.3) is 0 Å². The average Bonchev–Trinajstić information content (AvgIpc) is 2.33. The molecule has 2 heteroatoms. The third-order valence-electron chi connectivity index (χ3n) is 2.91. The SMILES string of the molecule is Cc1ccc(Cc2ncccc2C=O)c(C)c1. The molecule has 0 unspecified atom stereocenters. The highest BCUT2D eigenvalue weighted by atomic mass is 16.1. The van der Waals surface area contributed by atoms with E-state index in [4.69, 9.17) is 0 Å². The van der Waals surface area contributed by atoms with E-state index in [1.54, 1.807) is 18.3 Å². The first-order valence-corrected chi connectivity index (χ1v) is 5.66. The second-order valence-electron chi connectivity index (χ2n) is 4.26. The number of aldehydes is 1. The number of carbonyl (C=O) groups is 1. The zero-order chi connectivity index (χ0) is 12.3. The first-order valence-electron chi connectivity index (χ1n) is 5.66. The highest BCUT2D eigenvalue weighted by Crippen LogP contribution is 2.15. The normalized spacial score (nSPS) is 10.2. The lowest BCUT2D eigenvalue weighted by Gasteiger charge is -2.07. The predicted molar refractivity (Wildman–Crippen MR) is 68.3 cm³/mol. The molecule has 0 amide bonds. The van der Waals surface area contributed by atoms with Crippen molar-refractivity contribution >= 4 is 6.29 Å². The Balaban J connectivity index is 2.34. The van der Waals surface area contributed by atoms with Crippen molar-refractivity contribution in [3.63, 3.8) is 0 Å². The number of carbonyl (C=O) groups excluding carboxylic acids is 1. The van der Waals surface area contributed by atoms with Crippen molar-refractivity contribution in [2.45, 2.75) is 20.3 Å². The van der Waals surface area contributed by atoms with Gasteiger partial charge in [-0.15, -0.1) is 0 Å². The first-order chi connectivity index (χ1) is 8.20. The monoisotopic (exact) mass is 225 g/mol. The predicted octanol–water partition coefficient (Wildman–Crippen LogP) is 3.10. The van der Waals surface area contributed by atoms with E-state index in [1.807, 2.05) is 0 Å². The maximum atomic E-state index is 10.9. The minimum absolute atomic E-state index is 0.674. The smallest absolute Gasteiger partial charge is 0.151 e. The topological polar surface area (TPSA) is 30.0 Å². The summed E-state index contributed by atoms with van der Waals surface area (Å²) in [6.07, 6.45) is 3.30. The van der Waals surface area contributed by atoms with Crippen LogP contribution in [0.2, 0.25) is 0 Å². The van der Waals surface area contributed by atoms with Crippen molar-refractivity contribution < 1.29 is 4.79 Å². The summed E-state index contributed by atoms with van der Waals surface area (Å²) < 4.78 is 0. The van der Waals surface area contributed by atoms with Crippen molar-refractivity contribution in [1.82, 2.24) is 4.98 Å². The summed E-state index contributed by atoms with van der Waals surface area (Å²) in [5.74, 6) is 0. The molecule has 0 saturated carbocycles. The van der Waals surface area contributed by atoms with Gasteiger partial charge in [0, 0.05) is 18.2 Å². The summed E-state index contributed by atoms with van der Waals surface area (Å²) in [6.45, 7) is 4.17. The molecular formula is C15H15NO. The molecule has 0 fully saturated rings. The Morgan fingerprint density at radius 1 is 1.24 bits per heavy atom. The van der Waals surface area contributed by atoms with Gasteiger partial charge in [-0.1, -0.05) is 23.8 Å². The fourth-order valence-electron chi connectivity index (χ4n) is 1.93. The summed E-state index contributed by atoms with van der Waals surface area (Å²) in [5, 5.41) is 0. The Bertz CT molecular complexity index is 546. The Morgan fingerprint density at radius 2 is 2.06 bits per heavy atom. The molecule has 2 rings (SSSR count). The number of aryl methyl sites for hydroxylation is 2. The maximum absolute atomic E-state index is 10.9. The Labute approximate surface area is 101 Å². The largest absolute Gasteiger partial charge is 0.298 e. The van der Waals surface area contributed by atoms with Gasteiger partial charge in [0.05, 0.1) is 5.69 Å². The van der Waals surface area contributed by atoms with E-state index in [2.05, 4.69) is 37.0 Å².